The fourth-order valence-corrected chi connectivity index (χ4v) is 2.66. The average molecular weight is 384 g/mol. The number of hydrogen-bond donors (Lipinski definition) is 1. The van der Waals surface area contributed by atoms with Crippen LogP contribution in [0.15, 0.2) is 54.6 Å². The smallest absolute Gasteiger partial charge is 0.224 e. The second-order valence-electron chi connectivity index (χ2n) is 6.57. The van der Waals surface area contributed by atoms with Gasteiger partial charge in [-0.1, -0.05) is 30.3 Å². The molecule has 0 heterocycles. The second kappa shape index (κ2) is 11.0. The number of nitrogens with one attached hydrogen (secondary N) is 1. The third-order valence-electron chi connectivity index (χ3n) is 3.90. The highest BCUT2D eigenvalue weighted by Crippen LogP contribution is 2.28. The van der Waals surface area contributed by atoms with Crippen molar-refractivity contribution < 1.29 is 19.1 Å². The number of ether oxygens (including phenoxy) is 2. The Hall–Kier alpha value is -3.02. The van der Waals surface area contributed by atoms with E-state index >= 15 is 0 Å². The van der Waals surface area contributed by atoms with E-state index in [0.717, 1.165) is 5.75 Å². The predicted molar refractivity (Wildman–Crippen MR) is 110 cm³/mol. The van der Waals surface area contributed by atoms with Crippen LogP contribution in [0.5, 0.6) is 11.5 Å². The first-order valence-electron chi connectivity index (χ1n) is 9.45. The highest BCUT2D eigenvalue weighted by molar-refractivity contribution is 5.93. The average Bonchev–Trinajstić information content (AvgIpc) is 2.66. The number of carbonyl (C=O) groups is 2. The number of hydrogen-bond acceptors (Lipinski definition) is 4. The van der Waals surface area contributed by atoms with Gasteiger partial charge in [-0.2, -0.15) is 0 Å². The Morgan fingerprint density at radius 2 is 1.71 bits per heavy atom. The summed E-state index contributed by atoms with van der Waals surface area (Å²) < 4.78 is 11.3. The lowest BCUT2D eigenvalue weighted by atomic mass is 10.2. The van der Waals surface area contributed by atoms with Gasteiger partial charge in [0.05, 0.1) is 24.8 Å². The third kappa shape index (κ3) is 6.95. The molecule has 2 amide bonds. The number of anilines is 1. The Kier molecular flexibility index (Phi) is 8.34. The highest BCUT2D eigenvalue weighted by Gasteiger charge is 2.17. The fraction of sp³-hybridized carbons (Fsp3) is 0.364. The summed E-state index contributed by atoms with van der Waals surface area (Å²) in [5.74, 6) is 1.16. The van der Waals surface area contributed by atoms with Gasteiger partial charge in [0, 0.05) is 20.0 Å². The normalized spacial score (nSPS) is 10.4. The number of para-hydroxylation sites is 3. The SMILES string of the molecule is CC(=O)N(CCNC(=O)CCOc1ccccc1)c1ccccc1OC(C)C. The molecule has 0 atom stereocenters. The van der Waals surface area contributed by atoms with Gasteiger partial charge in [-0.25, -0.2) is 0 Å². The predicted octanol–water partition coefficient (Wildman–Crippen LogP) is 3.41. The van der Waals surface area contributed by atoms with Crippen molar-refractivity contribution in [1.29, 1.82) is 0 Å². The van der Waals surface area contributed by atoms with Gasteiger partial charge in [-0.05, 0) is 38.1 Å². The Bertz CT molecular complexity index is 762. The number of amides is 2. The third-order valence-corrected chi connectivity index (χ3v) is 3.90. The molecule has 0 aliphatic carbocycles. The molecule has 0 unspecified atom stereocenters. The van der Waals surface area contributed by atoms with E-state index in [-0.39, 0.29) is 24.3 Å². The van der Waals surface area contributed by atoms with E-state index < -0.39 is 0 Å². The van der Waals surface area contributed by atoms with Gasteiger partial charge < -0.3 is 19.7 Å². The maximum absolute atomic E-state index is 12.1. The number of rotatable bonds is 10. The van der Waals surface area contributed by atoms with Crippen molar-refractivity contribution in [2.24, 2.45) is 0 Å². The minimum atomic E-state index is -0.119. The molecule has 0 saturated carbocycles. The van der Waals surface area contributed by atoms with Gasteiger partial charge in [-0.3, -0.25) is 9.59 Å². The topological polar surface area (TPSA) is 67.9 Å². The maximum Gasteiger partial charge on any atom is 0.224 e. The molecule has 0 fully saturated rings. The molecule has 28 heavy (non-hydrogen) atoms. The molecule has 2 aromatic rings. The molecule has 6 nitrogen and oxygen atoms in total. The summed E-state index contributed by atoms with van der Waals surface area (Å²) >= 11 is 0. The van der Waals surface area contributed by atoms with E-state index in [0.29, 0.717) is 31.1 Å². The number of nitrogens with zero attached hydrogens (tertiary/aromatic N) is 1. The summed E-state index contributed by atoms with van der Waals surface area (Å²) in [4.78, 5) is 25.7. The van der Waals surface area contributed by atoms with Gasteiger partial charge in [0.25, 0.3) is 0 Å². The van der Waals surface area contributed by atoms with Crippen LogP contribution in [-0.4, -0.2) is 37.6 Å². The van der Waals surface area contributed by atoms with Crippen LogP contribution in [0.2, 0.25) is 0 Å². The van der Waals surface area contributed by atoms with E-state index in [2.05, 4.69) is 5.32 Å². The molecule has 150 valence electrons. The summed E-state index contributed by atoms with van der Waals surface area (Å²) in [7, 11) is 0. The quantitative estimate of drug-likeness (QED) is 0.682. The molecule has 0 bridgehead atoms. The minimum Gasteiger partial charge on any atom is -0.493 e. The first-order valence-corrected chi connectivity index (χ1v) is 9.45. The van der Waals surface area contributed by atoms with Crippen LogP contribution in [0.1, 0.15) is 27.2 Å². The molecule has 0 saturated heterocycles. The zero-order valence-electron chi connectivity index (χ0n) is 16.7. The molecule has 2 aromatic carbocycles. The first-order chi connectivity index (χ1) is 13.5. The monoisotopic (exact) mass is 384 g/mol. The molecule has 0 radical (unpaired) electrons. The molecular weight excluding hydrogens is 356 g/mol. The lowest BCUT2D eigenvalue weighted by Crippen LogP contribution is -2.38. The van der Waals surface area contributed by atoms with Gasteiger partial charge in [0.15, 0.2) is 0 Å². The van der Waals surface area contributed by atoms with Crippen molar-refractivity contribution in [2.75, 3.05) is 24.6 Å². The Morgan fingerprint density at radius 3 is 2.39 bits per heavy atom. The number of carbonyl (C=O) groups excluding carboxylic acids is 2. The molecule has 0 aromatic heterocycles. The van der Waals surface area contributed by atoms with Gasteiger partial charge in [0.2, 0.25) is 11.8 Å². The van der Waals surface area contributed by atoms with E-state index in [9.17, 15) is 9.59 Å². The summed E-state index contributed by atoms with van der Waals surface area (Å²) in [6, 6.07) is 16.8. The molecule has 0 spiro atoms. The summed E-state index contributed by atoms with van der Waals surface area (Å²) in [6.07, 6.45) is 0.251. The van der Waals surface area contributed by atoms with Gasteiger partial charge in [0.1, 0.15) is 11.5 Å². The van der Waals surface area contributed by atoms with Gasteiger partial charge >= 0.3 is 0 Å². The van der Waals surface area contributed by atoms with Crippen molar-refractivity contribution in [3.05, 3.63) is 54.6 Å². The largest absolute Gasteiger partial charge is 0.493 e. The number of benzene rings is 2. The Morgan fingerprint density at radius 1 is 1.04 bits per heavy atom. The Labute approximate surface area is 166 Å². The zero-order chi connectivity index (χ0) is 20.4. The molecule has 0 aliphatic heterocycles. The molecule has 1 N–H and O–H groups in total. The highest BCUT2D eigenvalue weighted by atomic mass is 16.5. The summed E-state index contributed by atoms with van der Waals surface area (Å²) in [6.45, 7) is 6.39. The molecule has 0 aliphatic rings. The first kappa shape index (κ1) is 21.3. The summed E-state index contributed by atoms with van der Waals surface area (Å²) in [5.41, 5.74) is 0.699. The van der Waals surface area contributed by atoms with Crippen molar-refractivity contribution in [2.45, 2.75) is 33.3 Å². The summed E-state index contributed by atoms with van der Waals surface area (Å²) in [5, 5.41) is 2.83. The van der Waals surface area contributed by atoms with Crippen LogP contribution in [0.4, 0.5) is 5.69 Å². The van der Waals surface area contributed by atoms with Gasteiger partial charge in [-0.15, -0.1) is 0 Å². The van der Waals surface area contributed by atoms with Crippen LogP contribution in [-0.2, 0) is 9.59 Å². The van der Waals surface area contributed by atoms with Crippen LogP contribution in [0.3, 0.4) is 0 Å². The fourth-order valence-electron chi connectivity index (χ4n) is 2.66. The van der Waals surface area contributed by atoms with E-state index in [1.165, 1.54) is 6.92 Å². The molecular formula is C22H28N2O4. The van der Waals surface area contributed by atoms with Crippen molar-refractivity contribution in [1.82, 2.24) is 5.32 Å². The van der Waals surface area contributed by atoms with E-state index in [1.54, 1.807) is 4.90 Å². The zero-order valence-corrected chi connectivity index (χ0v) is 16.7. The van der Waals surface area contributed by atoms with Crippen LogP contribution >= 0.6 is 0 Å². The maximum atomic E-state index is 12.1. The second-order valence-corrected chi connectivity index (χ2v) is 6.57. The van der Waals surface area contributed by atoms with E-state index in [4.69, 9.17) is 9.47 Å². The lowest BCUT2D eigenvalue weighted by Gasteiger charge is -2.24. The molecule has 2 rings (SSSR count). The van der Waals surface area contributed by atoms with Crippen molar-refractivity contribution in [3.8, 4) is 11.5 Å². The Balaban J connectivity index is 1.83. The minimum absolute atomic E-state index is 0.000671. The van der Waals surface area contributed by atoms with Crippen LogP contribution in [0.25, 0.3) is 0 Å². The standard InChI is InChI=1S/C22H28N2O4/c1-17(2)28-21-12-8-7-11-20(21)24(18(3)25)15-14-23-22(26)13-16-27-19-9-5-4-6-10-19/h4-12,17H,13-16H2,1-3H3,(H,23,26). The van der Waals surface area contributed by atoms with Crippen LogP contribution < -0.4 is 19.7 Å². The van der Waals surface area contributed by atoms with Crippen molar-refractivity contribution in [3.63, 3.8) is 0 Å². The van der Waals surface area contributed by atoms with Crippen LogP contribution in [0, 0.1) is 0 Å². The van der Waals surface area contributed by atoms with E-state index in [1.807, 2.05) is 68.4 Å². The molecule has 6 heteroatoms. The van der Waals surface area contributed by atoms with Crippen molar-refractivity contribution >= 4 is 17.5 Å². The lowest BCUT2D eigenvalue weighted by molar-refractivity contribution is -0.122.